The molecule has 1 aliphatic rings. The highest BCUT2D eigenvalue weighted by atomic mass is 16.3. The largest absolute Gasteiger partial charge is 0.465 e. The van der Waals surface area contributed by atoms with Crippen LogP contribution in [0.1, 0.15) is 47.6 Å². The molecule has 3 aromatic rings. The van der Waals surface area contributed by atoms with Gasteiger partial charge in [0, 0.05) is 31.9 Å². The standard InChI is InChI=1S/C21H25N5O3/c1-15-5-7-17(29-15)12-23-19(27)8-6-16-4-2-10-25(14-16)21(28)18-13-24-26-11-3-9-22-20(18)26/h3,5,7,9,11,13,16H,2,4,6,8,10,12,14H2,1H3,(H,23,27). The first-order valence-corrected chi connectivity index (χ1v) is 10.00. The number of fused-ring (bicyclic) bond motifs is 1. The van der Waals surface area contributed by atoms with Crippen molar-refractivity contribution in [2.75, 3.05) is 13.1 Å². The van der Waals surface area contributed by atoms with Gasteiger partial charge in [0.15, 0.2) is 5.65 Å². The quantitative estimate of drug-likeness (QED) is 0.692. The number of aryl methyl sites for hydroxylation is 1. The van der Waals surface area contributed by atoms with Gasteiger partial charge >= 0.3 is 0 Å². The molecule has 1 unspecified atom stereocenters. The molecule has 0 bridgehead atoms. The summed E-state index contributed by atoms with van der Waals surface area (Å²) < 4.78 is 7.07. The van der Waals surface area contributed by atoms with Crippen LogP contribution in [0.5, 0.6) is 0 Å². The van der Waals surface area contributed by atoms with Crippen molar-refractivity contribution in [1.82, 2.24) is 24.8 Å². The number of nitrogens with zero attached hydrogens (tertiary/aromatic N) is 4. The molecule has 8 nitrogen and oxygen atoms in total. The Morgan fingerprint density at radius 1 is 1.34 bits per heavy atom. The van der Waals surface area contributed by atoms with E-state index in [1.54, 1.807) is 29.2 Å². The van der Waals surface area contributed by atoms with Crippen molar-refractivity contribution in [2.45, 2.75) is 39.2 Å². The summed E-state index contributed by atoms with van der Waals surface area (Å²) in [7, 11) is 0. The smallest absolute Gasteiger partial charge is 0.259 e. The van der Waals surface area contributed by atoms with Gasteiger partial charge in [-0.25, -0.2) is 9.50 Å². The van der Waals surface area contributed by atoms with E-state index in [4.69, 9.17) is 4.42 Å². The number of aromatic nitrogens is 3. The predicted octanol–water partition coefficient (Wildman–Crippen LogP) is 2.58. The maximum absolute atomic E-state index is 13.0. The van der Waals surface area contributed by atoms with Gasteiger partial charge in [-0.3, -0.25) is 9.59 Å². The molecule has 4 rings (SSSR count). The number of carbonyl (C=O) groups is 2. The van der Waals surface area contributed by atoms with Crippen molar-refractivity contribution in [2.24, 2.45) is 5.92 Å². The molecule has 1 saturated heterocycles. The summed E-state index contributed by atoms with van der Waals surface area (Å²) in [5, 5.41) is 7.10. The van der Waals surface area contributed by atoms with E-state index in [9.17, 15) is 9.59 Å². The van der Waals surface area contributed by atoms with Crippen molar-refractivity contribution in [1.29, 1.82) is 0 Å². The second kappa shape index (κ2) is 8.46. The molecule has 0 radical (unpaired) electrons. The summed E-state index contributed by atoms with van der Waals surface area (Å²) in [6.45, 7) is 3.67. The third-order valence-corrected chi connectivity index (χ3v) is 5.35. The van der Waals surface area contributed by atoms with Crippen LogP contribution in [0.3, 0.4) is 0 Å². The SMILES string of the molecule is Cc1ccc(CNC(=O)CCC2CCCN(C(=O)c3cnn4cccnc34)C2)o1. The first-order chi connectivity index (χ1) is 14.1. The number of hydrogen-bond acceptors (Lipinski definition) is 5. The van der Waals surface area contributed by atoms with Crippen molar-refractivity contribution in [3.63, 3.8) is 0 Å². The van der Waals surface area contributed by atoms with Crippen LogP contribution in [-0.4, -0.2) is 44.4 Å². The Morgan fingerprint density at radius 3 is 3.07 bits per heavy atom. The minimum Gasteiger partial charge on any atom is -0.465 e. The van der Waals surface area contributed by atoms with Crippen LogP contribution < -0.4 is 5.32 Å². The Kier molecular flexibility index (Phi) is 5.59. The summed E-state index contributed by atoms with van der Waals surface area (Å²) in [6, 6.07) is 5.54. The minimum absolute atomic E-state index is 0.00864. The van der Waals surface area contributed by atoms with Crippen LogP contribution in [-0.2, 0) is 11.3 Å². The fourth-order valence-electron chi connectivity index (χ4n) is 3.82. The number of furan rings is 1. The topological polar surface area (TPSA) is 92.7 Å². The molecule has 8 heteroatoms. The number of amides is 2. The molecule has 0 saturated carbocycles. The van der Waals surface area contributed by atoms with Gasteiger partial charge in [-0.1, -0.05) is 0 Å². The van der Waals surface area contributed by atoms with Crippen LogP contribution in [0.15, 0.2) is 41.2 Å². The monoisotopic (exact) mass is 395 g/mol. The van der Waals surface area contributed by atoms with Crippen LogP contribution >= 0.6 is 0 Å². The summed E-state index contributed by atoms with van der Waals surface area (Å²) in [5.74, 6) is 1.88. The molecule has 0 spiro atoms. The Bertz CT molecular complexity index is 1010. The van der Waals surface area contributed by atoms with Gasteiger partial charge in [0.05, 0.1) is 12.7 Å². The zero-order valence-corrected chi connectivity index (χ0v) is 16.5. The summed E-state index contributed by atoms with van der Waals surface area (Å²) in [5.41, 5.74) is 1.10. The van der Waals surface area contributed by atoms with E-state index in [1.807, 2.05) is 24.0 Å². The molecule has 1 aliphatic heterocycles. The van der Waals surface area contributed by atoms with Gasteiger partial charge in [-0.05, 0) is 50.3 Å². The van der Waals surface area contributed by atoms with Crippen LogP contribution in [0.25, 0.3) is 5.65 Å². The average molecular weight is 395 g/mol. The van der Waals surface area contributed by atoms with E-state index in [1.165, 1.54) is 0 Å². The van der Waals surface area contributed by atoms with Crippen molar-refractivity contribution < 1.29 is 14.0 Å². The first-order valence-electron chi connectivity index (χ1n) is 10.00. The summed E-state index contributed by atoms with van der Waals surface area (Å²) in [4.78, 5) is 31.3. The fraction of sp³-hybridized carbons (Fsp3) is 0.429. The molecule has 4 heterocycles. The second-order valence-electron chi connectivity index (χ2n) is 7.53. The van der Waals surface area contributed by atoms with Crippen LogP contribution in [0.4, 0.5) is 0 Å². The molecule has 3 aromatic heterocycles. The zero-order chi connectivity index (χ0) is 20.2. The molecule has 0 aliphatic carbocycles. The number of likely N-dealkylation sites (tertiary alicyclic amines) is 1. The van der Waals surface area contributed by atoms with E-state index in [2.05, 4.69) is 15.4 Å². The van der Waals surface area contributed by atoms with Gasteiger partial charge in [0.2, 0.25) is 5.91 Å². The lowest BCUT2D eigenvalue weighted by atomic mass is 9.93. The maximum Gasteiger partial charge on any atom is 0.259 e. The van der Waals surface area contributed by atoms with E-state index in [-0.39, 0.29) is 11.8 Å². The van der Waals surface area contributed by atoms with Gasteiger partial charge in [0.25, 0.3) is 5.91 Å². The lowest BCUT2D eigenvalue weighted by Gasteiger charge is -2.32. The van der Waals surface area contributed by atoms with Gasteiger partial charge in [-0.2, -0.15) is 5.10 Å². The highest BCUT2D eigenvalue weighted by Crippen LogP contribution is 2.23. The summed E-state index contributed by atoms with van der Waals surface area (Å²) >= 11 is 0. The van der Waals surface area contributed by atoms with Crippen LogP contribution in [0, 0.1) is 12.8 Å². The van der Waals surface area contributed by atoms with Crippen molar-refractivity contribution in [3.05, 3.63) is 53.9 Å². The molecular weight excluding hydrogens is 370 g/mol. The predicted molar refractivity (Wildman–Crippen MR) is 106 cm³/mol. The van der Waals surface area contributed by atoms with E-state index < -0.39 is 0 Å². The van der Waals surface area contributed by atoms with E-state index in [0.29, 0.717) is 36.6 Å². The molecule has 29 heavy (non-hydrogen) atoms. The van der Waals surface area contributed by atoms with Crippen LogP contribution in [0.2, 0.25) is 0 Å². The highest BCUT2D eigenvalue weighted by Gasteiger charge is 2.27. The molecule has 2 amide bonds. The first kappa shape index (κ1) is 19.2. The van der Waals surface area contributed by atoms with Gasteiger partial charge < -0.3 is 14.6 Å². The Balaban J connectivity index is 1.29. The third kappa shape index (κ3) is 4.47. The molecular formula is C21H25N5O3. The van der Waals surface area contributed by atoms with E-state index in [0.717, 1.165) is 37.3 Å². The average Bonchev–Trinajstić information content (AvgIpc) is 3.36. The van der Waals surface area contributed by atoms with Gasteiger partial charge in [-0.15, -0.1) is 0 Å². The van der Waals surface area contributed by atoms with Gasteiger partial charge in [0.1, 0.15) is 17.1 Å². The van der Waals surface area contributed by atoms with Crippen molar-refractivity contribution >= 4 is 17.5 Å². The molecule has 152 valence electrons. The fourth-order valence-corrected chi connectivity index (χ4v) is 3.82. The Hall–Kier alpha value is -3.16. The Labute approximate surface area is 168 Å². The number of carbonyl (C=O) groups excluding carboxylic acids is 2. The molecule has 0 aromatic carbocycles. The molecule has 1 atom stereocenters. The minimum atomic E-state index is -0.0407. The number of piperidine rings is 1. The lowest BCUT2D eigenvalue weighted by Crippen LogP contribution is -2.40. The molecule has 1 fully saturated rings. The highest BCUT2D eigenvalue weighted by molar-refractivity contribution is 5.99. The number of rotatable bonds is 6. The van der Waals surface area contributed by atoms with Crippen molar-refractivity contribution in [3.8, 4) is 0 Å². The zero-order valence-electron chi connectivity index (χ0n) is 16.5. The second-order valence-corrected chi connectivity index (χ2v) is 7.53. The lowest BCUT2D eigenvalue weighted by molar-refractivity contribution is -0.121. The van der Waals surface area contributed by atoms with E-state index >= 15 is 0 Å². The maximum atomic E-state index is 13.0. The number of hydrogen-bond donors (Lipinski definition) is 1. The third-order valence-electron chi connectivity index (χ3n) is 5.35. The normalized spacial score (nSPS) is 16.9. The number of nitrogens with one attached hydrogen (secondary N) is 1. The molecule has 1 N–H and O–H groups in total. The summed E-state index contributed by atoms with van der Waals surface area (Å²) in [6.07, 6.45) is 8.20. The Morgan fingerprint density at radius 2 is 2.24 bits per heavy atom.